The van der Waals surface area contributed by atoms with Gasteiger partial charge in [-0.3, -0.25) is 0 Å². The molecular weight excluding hydrogens is 197 g/mol. The van der Waals surface area contributed by atoms with Crippen molar-refractivity contribution in [3.8, 4) is 5.75 Å². The summed E-state index contributed by atoms with van der Waals surface area (Å²) >= 11 is 0. The topological polar surface area (TPSA) is 44.5 Å². The fourth-order valence-electron chi connectivity index (χ4n) is 1.06. The van der Waals surface area contributed by atoms with Gasteiger partial charge in [0.1, 0.15) is 18.2 Å². The van der Waals surface area contributed by atoms with Gasteiger partial charge in [0, 0.05) is 25.3 Å². The third-order valence-corrected chi connectivity index (χ3v) is 2.13. The lowest BCUT2D eigenvalue weighted by Gasteiger charge is -2.11. The second-order valence-electron chi connectivity index (χ2n) is 3.31. The van der Waals surface area contributed by atoms with Gasteiger partial charge >= 0.3 is 0 Å². The highest BCUT2D eigenvalue weighted by Crippen LogP contribution is 2.16. The van der Waals surface area contributed by atoms with Gasteiger partial charge < -0.3 is 15.2 Å². The molecule has 0 aliphatic rings. The molecule has 1 rings (SSSR count). The number of nitrogens with two attached hydrogens (primary N) is 1. The van der Waals surface area contributed by atoms with Gasteiger partial charge in [-0.2, -0.15) is 0 Å². The number of ether oxygens (including phenoxy) is 2. The van der Waals surface area contributed by atoms with Gasteiger partial charge in [-0.05, 0) is 13.0 Å². The van der Waals surface area contributed by atoms with Gasteiger partial charge in [-0.1, -0.05) is 6.07 Å². The highest BCUT2D eigenvalue weighted by atomic mass is 19.1. The summed E-state index contributed by atoms with van der Waals surface area (Å²) in [4.78, 5) is 0. The van der Waals surface area contributed by atoms with E-state index < -0.39 is 0 Å². The van der Waals surface area contributed by atoms with Crippen LogP contribution in [0.25, 0.3) is 0 Å². The fourth-order valence-corrected chi connectivity index (χ4v) is 1.06. The van der Waals surface area contributed by atoms with Crippen LogP contribution >= 0.6 is 0 Å². The maximum atomic E-state index is 13.3. The summed E-state index contributed by atoms with van der Waals surface area (Å²) in [5, 5.41) is 0. The number of halogens is 1. The van der Waals surface area contributed by atoms with Gasteiger partial charge in [0.05, 0.1) is 6.10 Å². The van der Waals surface area contributed by atoms with E-state index in [2.05, 4.69) is 0 Å². The maximum Gasteiger partial charge on any atom is 0.131 e. The molecule has 1 aromatic rings. The molecule has 2 N–H and O–H groups in total. The van der Waals surface area contributed by atoms with Gasteiger partial charge in [-0.25, -0.2) is 4.39 Å². The minimum Gasteiger partial charge on any atom is -0.491 e. The number of methoxy groups -OCH3 is 1. The Balaban J connectivity index is 2.59. The van der Waals surface area contributed by atoms with Gasteiger partial charge in [0.25, 0.3) is 0 Å². The second kappa shape index (κ2) is 5.68. The van der Waals surface area contributed by atoms with Crippen molar-refractivity contribution in [2.45, 2.75) is 19.6 Å². The molecule has 0 radical (unpaired) electrons. The highest BCUT2D eigenvalue weighted by molar-refractivity contribution is 5.28. The van der Waals surface area contributed by atoms with Gasteiger partial charge in [0.15, 0.2) is 0 Å². The lowest BCUT2D eigenvalue weighted by Crippen LogP contribution is -2.16. The van der Waals surface area contributed by atoms with E-state index in [-0.39, 0.29) is 18.5 Å². The van der Waals surface area contributed by atoms with Crippen molar-refractivity contribution in [3.05, 3.63) is 29.6 Å². The average Bonchev–Trinajstić information content (AvgIpc) is 2.26. The van der Waals surface area contributed by atoms with Crippen molar-refractivity contribution in [1.29, 1.82) is 0 Å². The van der Waals surface area contributed by atoms with Crippen LogP contribution in [0.4, 0.5) is 4.39 Å². The van der Waals surface area contributed by atoms with Crippen LogP contribution in [-0.4, -0.2) is 19.8 Å². The lowest BCUT2D eigenvalue weighted by molar-refractivity contribution is 0.0715. The first-order valence-corrected chi connectivity index (χ1v) is 4.81. The maximum absolute atomic E-state index is 13.3. The molecular formula is C11H16FNO2. The lowest BCUT2D eigenvalue weighted by atomic mass is 10.2. The Morgan fingerprint density at radius 3 is 2.73 bits per heavy atom. The molecule has 1 unspecified atom stereocenters. The second-order valence-corrected chi connectivity index (χ2v) is 3.31. The quantitative estimate of drug-likeness (QED) is 0.809. The number of hydrogen-bond acceptors (Lipinski definition) is 3. The Labute approximate surface area is 89.0 Å². The van der Waals surface area contributed by atoms with Crippen LogP contribution in [0, 0.1) is 5.82 Å². The molecule has 0 aromatic heterocycles. The molecule has 1 aromatic carbocycles. The average molecular weight is 213 g/mol. The third-order valence-electron chi connectivity index (χ3n) is 2.13. The molecule has 0 bridgehead atoms. The van der Waals surface area contributed by atoms with Crippen molar-refractivity contribution < 1.29 is 13.9 Å². The largest absolute Gasteiger partial charge is 0.491 e. The minimum absolute atomic E-state index is 0.0118. The predicted octanol–water partition coefficient (Wildman–Crippen LogP) is 1.70. The van der Waals surface area contributed by atoms with Crippen LogP contribution in [0.3, 0.4) is 0 Å². The molecule has 3 nitrogen and oxygen atoms in total. The molecule has 0 heterocycles. The summed E-state index contributed by atoms with van der Waals surface area (Å²) in [6.45, 7) is 2.48. The molecule has 1 atom stereocenters. The molecule has 0 aliphatic heterocycles. The Morgan fingerprint density at radius 1 is 1.47 bits per heavy atom. The van der Waals surface area contributed by atoms with Gasteiger partial charge in [0.2, 0.25) is 0 Å². The summed E-state index contributed by atoms with van der Waals surface area (Å²) in [6.07, 6.45) is -0.0118. The Bertz CT molecular complexity index is 317. The first-order valence-electron chi connectivity index (χ1n) is 4.81. The summed E-state index contributed by atoms with van der Waals surface area (Å²) < 4.78 is 23.6. The summed E-state index contributed by atoms with van der Waals surface area (Å²) in [5.41, 5.74) is 5.83. The van der Waals surface area contributed by atoms with E-state index in [1.807, 2.05) is 6.92 Å². The summed E-state index contributed by atoms with van der Waals surface area (Å²) in [5.74, 6) is 0.161. The number of rotatable bonds is 5. The van der Waals surface area contributed by atoms with Crippen molar-refractivity contribution in [2.75, 3.05) is 13.7 Å². The van der Waals surface area contributed by atoms with Crippen molar-refractivity contribution in [2.24, 2.45) is 5.73 Å². The van der Waals surface area contributed by atoms with Crippen LogP contribution in [-0.2, 0) is 11.3 Å². The van der Waals surface area contributed by atoms with E-state index in [9.17, 15) is 4.39 Å². The van der Waals surface area contributed by atoms with Crippen LogP contribution in [0.1, 0.15) is 12.5 Å². The highest BCUT2D eigenvalue weighted by Gasteiger charge is 2.04. The zero-order chi connectivity index (χ0) is 11.3. The third kappa shape index (κ3) is 3.49. The molecule has 15 heavy (non-hydrogen) atoms. The summed E-state index contributed by atoms with van der Waals surface area (Å²) in [7, 11) is 1.60. The zero-order valence-corrected chi connectivity index (χ0v) is 9.00. The van der Waals surface area contributed by atoms with E-state index in [0.29, 0.717) is 17.9 Å². The van der Waals surface area contributed by atoms with E-state index in [1.165, 1.54) is 6.07 Å². The van der Waals surface area contributed by atoms with Crippen molar-refractivity contribution >= 4 is 0 Å². The smallest absolute Gasteiger partial charge is 0.131 e. The molecule has 0 spiro atoms. The van der Waals surface area contributed by atoms with Gasteiger partial charge in [-0.15, -0.1) is 0 Å². The first-order chi connectivity index (χ1) is 7.17. The van der Waals surface area contributed by atoms with Crippen molar-refractivity contribution in [1.82, 2.24) is 0 Å². The Hall–Kier alpha value is -1.13. The Morgan fingerprint density at radius 2 is 2.20 bits per heavy atom. The molecule has 0 saturated heterocycles. The van der Waals surface area contributed by atoms with E-state index in [4.69, 9.17) is 15.2 Å². The van der Waals surface area contributed by atoms with E-state index >= 15 is 0 Å². The first kappa shape index (κ1) is 11.9. The normalized spacial score (nSPS) is 12.5. The molecule has 0 fully saturated rings. The molecule has 0 amide bonds. The zero-order valence-electron chi connectivity index (χ0n) is 9.00. The van der Waals surface area contributed by atoms with Crippen LogP contribution in [0.5, 0.6) is 5.75 Å². The summed E-state index contributed by atoms with van der Waals surface area (Å²) in [6, 6.07) is 4.67. The minimum atomic E-state index is -0.333. The number of benzene rings is 1. The van der Waals surface area contributed by atoms with Crippen LogP contribution in [0.15, 0.2) is 18.2 Å². The SMILES string of the molecule is COC(C)COc1ccc(CN)c(F)c1. The van der Waals surface area contributed by atoms with E-state index in [1.54, 1.807) is 19.2 Å². The van der Waals surface area contributed by atoms with Crippen LogP contribution in [0.2, 0.25) is 0 Å². The number of hydrogen-bond donors (Lipinski definition) is 1. The monoisotopic (exact) mass is 213 g/mol. The standard InChI is InChI=1S/C11H16FNO2/c1-8(14-2)7-15-10-4-3-9(6-13)11(12)5-10/h3-5,8H,6-7,13H2,1-2H3. The Kier molecular flexibility index (Phi) is 4.52. The molecule has 0 saturated carbocycles. The van der Waals surface area contributed by atoms with Crippen LogP contribution < -0.4 is 10.5 Å². The molecule has 4 heteroatoms. The fraction of sp³-hybridized carbons (Fsp3) is 0.455. The van der Waals surface area contributed by atoms with Crippen molar-refractivity contribution in [3.63, 3.8) is 0 Å². The van der Waals surface area contributed by atoms with E-state index in [0.717, 1.165) is 0 Å². The molecule has 84 valence electrons. The molecule has 0 aliphatic carbocycles. The predicted molar refractivity (Wildman–Crippen MR) is 56.3 cm³/mol.